The smallest absolute Gasteiger partial charge is 0.164 e. The lowest BCUT2D eigenvalue weighted by Crippen LogP contribution is -2.28. The molecule has 1 aliphatic carbocycles. The van der Waals surface area contributed by atoms with Gasteiger partial charge in [0.05, 0.1) is 18.2 Å². The van der Waals surface area contributed by atoms with E-state index in [4.69, 9.17) is 5.26 Å². The summed E-state index contributed by atoms with van der Waals surface area (Å²) in [5.41, 5.74) is 2.36. The van der Waals surface area contributed by atoms with Crippen LogP contribution in [-0.2, 0) is 0 Å². The maximum absolute atomic E-state index is 14.6. The molecule has 1 aromatic rings. The molecule has 3 nitrogen and oxygen atoms in total. The monoisotopic (exact) mass is 409 g/mol. The molecule has 1 aromatic carbocycles. The van der Waals surface area contributed by atoms with E-state index in [1.165, 1.54) is 64.2 Å². The van der Waals surface area contributed by atoms with Gasteiger partial charge in [-0.2, -0.15) is 10.4 Å². The lowest BCUT2D eigenvalue weighted by atomic mass is 9.77. The summed E-state index contributed by atoms with van der Waals surface area (Å²) in [7, 11) is 0. The third-order valence-electron chi connectivity index (χ3n) is 6.77. The zero-order valence-electron chi connectivity index (χ0n) is 18.5. The summed E-state index contributed by atoms with van der Waals surface area (Å²) in [6.07, 6.45) is 17.8. The average Bonchev–Trinajstić information content (AvgIpc) is 2.78. The van der Waals surface area contributed by atoms with Gasteiger partial charge in [-0.25, -0.2) is 4.99 Å². The van der Waals surface area contributed by atoms with Crippen molar-refractivity contribution in [1.82, 2.24) is 5.12 Å². The fourth-order valence-electron chi connectivity index (χ4n) is 4.80. The number of nitrogens with zero attached hydrogens (tertiary/aromatic N) is 3. The Balaban J connectivity index is 1.40. The molecule has 0 atom stereocenters. The predicted octanol–water partition coefficient (Wildman–Crippen LogP) is 7.34. The van der Waals surface area contributed by atoms with E-state index in [2.05, 4.69) is 18.0 Å². The lowest BCUT2D eigenvalue weighted by Gasteiger charge is -2.29. The first kappa shape index (κ1) is 22.5. The summed E-state index contributed by atoms with van der Waals surface area (Å²) in [5, 5.41) is 9.64. The van der Waals surface area contributed by atoms with Crippen molar-refractivity contribution in [3.05, 3.63) is 47.2 Å². The summed E-state index contributed by atoms with van der Waals surface area (Å²) in [5.74, 6) is 2.07. The van der Waals surface area contributed by atoms with Gasteiger partial charge in [0.15, 0.2) is 5.84 Å². The second-order valence-corrected chi connectivity index (χ2v) is 9.08. The minimum Gasteiger partial charge on any atom is -0.236 e. The highest BCUT2D eigenvalue weighted by molar-refractivity contribution is 5.99. The third-order valence-corrected chi connectivity index (χ3v) is 6.77. The van der Waals surface area contributed by atoms with Gasteiger partial charge in [0.2, 0.25) is 0 Å². The fourth-order valence-corrected chi connectivity index (χ4v) is 4.80. The van der Waals surface area contributed by atoms with Crippen molar-refractivity contribution in [2.45, 2.75) is 84.0 Å². The Morgan fingerprint density at radius 2 is 1.67 bits per heavy atom. The van der Waals surface area contributed by atoms with E-state index in [1.807, 2.05) is 6.20 Å². The Bertz CT molecular complexity index is 751. The number of amidine groups is 1. The van der Waals surface area contributed by atoms with Gasteiger partial charge < -0.3 is 0 Å². The highest BCUT2D eigenvalue weighted by Crippen LogP contribution is 2.35. The van der Waals surface area contributed by atoms with E-state index in [9.17, 15) is 4.48 Å². The first-order valence-electron chi connectivity index (χ1n) is 11.9. The van der Waals surface area contributed by atoms with Gasteiger partial charge in [-0.3, -0.25) is 0 Å². The molecule has 1 fully saturated rings. The summed E-state index contributed by atoms with van der Waals surface area (Å²) in [6.45, 7) is 2.57. The van der Waals surface area contributed by atoms with Crippen LogP contribution in [0.1, 0.15) is 95.1 Å². The SMILES string of the molecule is CCCCCCC[C@H]1CC[C@H](CCC2=CN=C(c3ccc(C#N)cc3)N(F)C2)CC1. The van der Waals surface area contributed by atoms with Crippen molar-refractivity contribution in [3.63, 3.8) is 0 Å². The van der Waals surface area contributed by atoms with Gasteiger partial charge in [0.1, 0.15) is 0 Å². The standard InChI is InChI=1S/C26H36FN3/c1-2-3-4-5-6-7-21-8-10-22(11-9-21)12-13-24-19-29-26(30(27)20-24)25-16-14-23(18-28)15-17-25/h14-17,19,21-22H,2-13,20H2,1H3/t21-,22-. The van der Waals surface area contributed by atoms with Crippen molar-refractivity contribution in [2.75, 3.05) is 6.54 Å². The Kier molecular flexibility index (Phi) is 8.93. The molecule has 0 N–H and O–H groups in total. The minimum atomic E-state index is 0.298. The van der Waals surface area contributed by atoms with Crippen LogP contribution in [0.4, 0.5) is 4.48 Å². The van der Waals surface area contributed by atoms with Gasteiger partial charge in [-0.05, 0) is 54.5 Å². The van der Waals surface area contributed by atoms with Crippen molar-refractivity contribution in [3.8, 4) is 6.07 Å². The Hall–Kier alpha value is -2.15. The Morgan fingerprint density at radius 1 is 1.00 bits per heavy atom. The van der Waals surface area contributed by atoms with E-state index in [1.54, 1.807) is 24.3 Å². The lowest BCUT2D eigenvalue weighted by molar-refractivity contribution is 0.131. The molecule has 0 saturated heterocycles. The number of hydrogen-bond acceptors (Lipinski definition) is 3. The maximum Gasteiger partial charge on any atom is 0.164 e. The minimum absolute atomic E-state index is 0.298. The molecule has 162 valence electrons. The van der Waals surface area contributed by atoms with Crippen LogP contribution in [0, 0.1) is 23.2 Å². The largest absolute Gasteiger partial charge is 0.236 e. The average molecular weight is 410 g/mol. The molecular formula is C26H36FN3. The molecule has 0 amide bonds. The number of benzene rings is 1. The Labute approximate surface area is 181 Å². The molecule has 0 aromatic heterocycles. The van der Waals surface area contributed by atoms with Gasteiger partial charge in [0, 0.05) is 11.8 Å². The number of rotatable bonds is 10. The summed E-state index contributed by atoms with van der Waals surface area (Å²) >= 11 is 0. The molecule has 3 rings (SSSR count). The van der Waals surface area contributed by atoms with Crippen LogP contribution in [0.25, 0.3) is 0 Å². The number of halogens is 1. The van der Waals surface area contributed by atoms with E-state index in [0.717, 1.165) is 35.4 Å². The Morgan fingerprint density at radius 3 is 2.30 bits per heavy atom. The number of unbranched alkanes of at least 4 members (excludes halogenated alkanes) is 4. The van der Waals surface area contributed by atoms with Crippen LogP contribution < -0.4 is 0 Å². The second-order valence-electron chi connectivity index (χ2n) is 9.08. The molecule has 2 aliphatic rings. The van der Waals surface area contributed by atoms with E-state index in [0.29, 0.717) is 23.5 Å². The first-order valence-corrected chi connectivity index (χ1v) is 11.9. The molecule has 4 heteroatoms. The summed E-state index contributed by atoms with van der Waals surface area (Å²) < 4.78 is 14.6. The predicted molar refractivity (Wildman–Crippen MR) is 122 cm³/mol. The van der Waals surface area contributed by atoms with Gasteiger partial charge in [-0.15, -0.1) is 0 Å². The molecule has 0 unspecified atom stereocenters. The van der Waals surface area contributed by atoms with E-state index < -0.39 is 0 Å². The number of hydrogen-bond donors (Lipinski definition) is 0. The summed E-state index contributed by atoms with van der Waals surface area (Å²) in [6, 6.07) is 9.00. The van der Waals surface area contributed by atoms with Crippen molar-refractivity contribution < 1.29 is 4.48 Å². The molecule has 1 saturated carbocycles. The van der Waals surface area contributed by atoms with Gasteiger partial charge in [-0.1, -0.05) is 75.6 Å². The highest BCUT2D eigenvalue weighted by Gasteiger charge is 2.23. The fraction of sp³-hybridized carbons (Fsp3) is 0.615. The normalized spacial score (nSPS) is 21.7. The van der Waals surface area contributed by atoms with Crippen molar-refractivity contribution in [1.29, 1.82) is 5.26 Å². The molecule has 30 heavy (non-hydrogen) atoms. The number of aliphatic imine (C=N–C) groups is 1. The number of nitriles is 1. The first-order chi connectivity index (χ1) is 14.7. The van der Waals surface area contributed by atoms with Crippen LogP contribution in [0.3, 0.4) is 0 Å². The zero-order chi connectivity index (χ0) is 21.2. The quantitative estimate of drug-likeness (QED) is 0.300. The van der Waals surface area contributed by atoms with Crippen LogP contribution in [0.2, 0.25) is 0 Å². The van der Waals surface area contributed by atoms with Crippen molar-refractivity contribution in [2.24, 2.45) is 16.8 Å². The van der Waals surface area contributed by atoms with Crippen LogP contribution in [0.5, 0.6) is 0 Å². The zero-order valence-corrected chi connectivity index (χ0v) is 18.5. The van der Waals surface area contributed by atoms with Crippen LogP contribution in [-0.4, -0.2) is 17.5 Å². The van der Waals surface area contributed by atoms with Gasteiger partial charge >= 0.3 is 0 Å². The molecule has 0 spiro atoms. The molecule has 0 bridgehead atoms. The second kappa shape index (κ2) is 11.9. The third kappa shape index (κ3) is 6.69. The molecule has 1 heterocycles. The highest BCUT2D eigenvalue weighted by atomic mass is 19.2. The van der Waals surface area contributed by atoms with Gasteiger partial charge in [0.25, 0.3) is 0 Å². The van der Waals surface area contributed by atoms with E-state index >= 15 is 0 Å². The molecule has 1 aliphatic heterocycles. The summed E-state index contributed by atoms with van der Waals surface area (Å²) in [4.78, 5) is 4.37. The van der Waals surface area contributed by atoms with Crippen LogP contribution in [0.15, 0.2) is 41.0 Å². The van der Waals surface area contributed by atoms with Crippen molar-refractivity contribution >= 4 is 5.84 Å². The topological polar surface area (TPSA) is 39.4 Å². The maximum atomic E-state index is 14.6. The molecular weight excluding hydrogens is 373 g/mol. The van der Waals surface area contributed by atoms with E-state index in [-0.39, 0.29) is 0 Å². The van der Waals surface area contributed by atoms with Crippen LogP contribution >= 0.6 is 0 Å². The molecule has 0 radical (unpaired) electrons.